The van der Waals surface area contributed by atoms with Crippen LogP contribution in [0.3, 0.4) is 0 Å². The monoisotopic (exact) mass is 341 g/mol. The Bertz CT molecular complexity index is 719. The lowest BCUT2D eigenvalue weighted by molar-refractivity contribution is -0.117. The van der Waals surface area contributed by atoms with E-state index in [2.05, 4.69) is 8.75 Å². The Morgan fingerprint density at radius 3 is 3.10 bits per heavy atom. The highest BCUT2D eigenvalue weighted by molar-refractivity contribution is 8.13. The highest BCUT2D eigenvalue weighted by Crippen LogP contribution is 2.37. The highest BCUT2D eigenvalue weighted by Gasteiger charge is 2.33. The van der Waals surface area contributed by atoms with Gasteiger partial charge in [0.25, 0.3) is 0 Å². The van der Waals surface area contributed by atoms with Gasteiger partial charge in [0.2, 0.25) is 5.91 Å². The Morgan fingerprint density at radius 1 is 1.52 bits per heavy atom. The first-order valence-electron chi connectivity index (χ1n) is 6.40. The van der Waals surface area contributed by atoms with E-state index in [9.17, 15) is 9.59 Å². The molecule has 5 nitrogen and oxygen atoms in total. The van der Waals surface area contributed by atoms with Gasteiger partial charge in [-0.2, -0.15) is 8.75 Å². The van der Waals surface area contributed by atoms with E-state index in [1.807, 2.05) is 0 Å². The number of halogens is 1. The molecule has 21 heavy (non-hydrogen) atoms. The minimum absolute atomic E-state index is 0.0200. The smallest absolute Gasteiger partial charge is 0.227 e. The molecule has 1 aromatic carbocycles. The third-order valence-corrected chi connectivity index (χ3v) is 5.24. The second-order valence-corrected chi connectivity index (χ2v) is 7.04. The summed E-state index contributed by atoms with van der Waals surface area (Å²) in [6.07, 6.45) is 0.435. The maximum Gasteiger partial charge on any atom is 0.227 e. The maximum atomic E-state index is 12.3. The molecule has 1 aliphatic rings. The summed E-state index contributed by atoms with van der Waals surface area (Å²) in [5.74, 6) is 0.830. The second kappa shape index (κ2) is 5.90. The number of carbonyl (C=O) groups excluding carboxylic acids is 2. The van der Waals surface area contributed by atoms with E-state index in [-0.39, 0.29) is 16.9 Å². The Balaban J connectivity index is 1.89. The number of amides is 1. The predicted molar refractivity (Wildman–Crippen MR) is 86.0 cm³/mol. The minimum atomic E-state index is 0.0200. The molecular formula is C13H12ClN3O2S2. The zero-order chi connectivity index (χ0) is 15.0. The number of hydrogen-bond donors (Lipinski definition) is 0. The molecule has 0 spiro atoms. The van der Waals surface area contributed by atoms with Gasteiger partial charge in [-0.05, 0) is 18.1 Å². The molecule has 1 saturated heterocycles. The molecule has 0 bridgehead atoms. The van der Waals surface area contributed by atoms with Crippen molar-refractivity contribution in [1.29, 1.82) is 0 Å². The van der Waals surface area contributed by atoms with Crippen LogP contribution in [0.2, 0.25) is 5.02 Å². The third-order valence-electron chi connectivity index (χ3n) is 3.35. The van der Waals surface area contributed by atoms with Crippen LogP contribution in [0.25, 0.3) is 11.0 Å². The zero-order valence-electron chi connectivity index (χ0n) is 11.2. The van der Waals surface area contributed by atoms with Crippen LogP contribution in [0.1, 0.15) is 13.3 Å². The van der Waals surface area contributed by atoms with Crippen LogP contribution in [0.15, 0.2) is 12.1 Å². The molecule has 3 rings (SSSR count). The fourth-order valence-electron chi connectivity index (χ4n) is 2.41. The molecule has 1 aromatic heterocycles. The summed E-state index contributed by atoms with van der Waals surface area (Å²) in [6.45, 7) is 2.10. The standard InChI is InChI=1S/C13H12ClN3O2S2/c1-7(18)20-6-8-4-11(19)17(5-8)13-9(14)2-3-10-12(13)16-21-15-10/h2-3,8H,4-6H2,1H3. The van der Waals surface area contributed by atoms with Gasteiger partial charge in [-0.25, -0.2) is 0 Å². The average molecular weight is 342 g/mol. The number of thioether (sulfide) groups is 1. The first kappa shape index (κ1) is 14.7. The molecule has 0 N–H and O–H groups in total. The van der Waals surface area contributed by atoms with Gasteiger partial charge in [0.05, 0.1) is 22.4 Å². The summed E-state index contributed by atoms with van der Waals surface area (Å²) < 4.78 is 8.43. The second-order valence-electron chi connectivity index (χ2n) is 4.91. The van der Waals surface area contributed by atoms with Crippen molar-refractivity contribution >= 4 is 62.8 Å². The van der Waals surface area contributed by atoms with E-state index in [0.29, 0.717) is 34.9 Å². The van der Waals surface area contributed by atoms with Gasteiger partial charge in [-0.3, -0.25) is 9.59 Å². The van der Waals surface area contributed by atoms with Gasteiger partial charge in [0, 0.05) is 25.6 Å². The lowest BCUT2D eigenvalue weighted by Gasteiger charge is -2.18. The van der Waals surface area contributed by atoms with Crippen molar-refractivity contribution in [2.24, 2.45) is 5.92 Å². The maximum absolute atomic E-state index is 12.3. The predicted octanol–water partition coefficient (Wildman–Crippen LogP) is 2.98. The van der Waals surface area contributed by atoms with Crippen LogP contribution in [0.5, 0.6) is 0 Å². The summed E-state index contributed by atoms with van der Waals surface area (Å²) >= 11 is 8.63. The number of carbonyl (C=O) groups is 2. The molecular weight excluding hydrogens is 330 g/mol. The normalized spacial score (nSPS) is 18.7. The molecule has 1 atom stereocenters. The summed E-state index contributed by atoms with van der Waals surface area (Å²) in [5.41, 5.74) is 2.05. The van der Waals surface area contributed by atoms with Crippen LogP contribution in [-0.4, -0.2) is 32.1 Å². The molecule has 1 fully saturated rings. The molecule has 0 aliphatic carbocycles. The van der Waals surface area contributed by atoms with E-state index >= 15 is 0 Å². The van der Waals surface area contributed by atoms with Crippen LogP contribution in [0.4, 0.5) is 5.69 Å². The molecule has 110 valence electrons. The Labute approximate surface area is 135 Å². The SMILES string of the molecule is CC(=O)SCC1CC(=O)N(c2c(Cl)ccc3nsnc23)C1. The van der Waals surface area contributed by atoms with E-state index < -0.39 is 0 Å². The summed E-state index contributed by atoms with van der Waals surface area (Å²) in [6, 6.07) is 3.54. The molecule has 1 amide bonds. The minimum Gasteiger partial charge on any atom is -0.309 e. The van der Waals surface area contributed by atoms with Crippen molar-refractivity contribution in [3.8, 4) is 0 Å². The van der Waals surface area contributed by atoms with Crippen molar-refractivity contribution in [3.05, 3.63) is 17.2 Å². The van der Waals surface area contributed by atoms with Crippen molar-refractivity contribution in [2.45, 2.75) is 13.3 Å². The lowest BCUT2D eigenvalue weighted by atomic mass is 10.1. The summed E-state index contributed by atoms with van der Waals surface area (Å²) in [7, 11) is 0. The largest absolute Gasteiger partial charge is 0.309 e. The Morgan fingerprint density at radius 2 is 2.33 bits per heavy atom. The van der Waals surface area contributed by atoms with Gasteiger partial charge in [0.1, 0.15) is 11.0 Å². The zero-order valence-corrected chi connectivity index (χ0v) is 13.6. The first-order valence-corrected chi connectivity index (χ1v) is 8.50. The topological polar surface area (TPSA) is 63.2 Å². The number of benzene rings is 1. The third kappa shape index (κ3) is 2.90. The van der Waals surface area contributed by atoms with Crippen molar-refractivity contribution in [3.63, 3.8) is 0 Å². The molecule has 2 heterocycles. The number of hydrogen-bond acceptors (Lipinski definition) is 6. The molecule has 2 aromatic rings. The van der Waals surface area contributed by atoms with Crippen LogP contribution in [-0.2, 0) is 9.59 Å². The van der Waals surface area contributed by atoms with E-state index in [4.69, 9.17) is 11.6 Å². The van der Waals surface area contributed by atoms with E-state index in [0.717, 1.165) is 17.2 Å². The molecule has 1 unspecified atom stereocenters. The molecule has 0 saturated carbocycles. The lowest BCUT2D eigenvalue weighted by Crippen LogP contribution is -2.25. The quantitative estimate of drug-likeness (QED) is 0.858. The van der Waals surface area contributed by atoms with Gasteiger partial charge < -0.3 is 4.90 Å². The Hall–Kier alpha value is -1.18. The van der Waals surface area contributed by atoms with Crippen molar-refractivity contribution in [1.82, 2.24) is 8.75 Å². The number of nitrogens with zero attached hydrogens (tertiary/aromatic N) is 3. The molecule has 1 aliphatic heterocycles. The van der Waals surface area contributed by atoms with E-state index in [1.165, 1.54) is 18.7 Å². The van der Waals surface area contributed by atoms with E-state index in [1.54, 1.807) is 17.0 Å². The van der Waals surface area contributed by atoms with Crippen molar-refractivity contribution in [2.75, 3.05) is 17.2 Å². The number of fused-ring (bicyclic) bond motifs is 1. The van der Waals surface area contributed by atoms with Crippen LogP contribution >= 0.6 is 35.1 Å². The van der Waals surface area contributed by atoms with Crippen molar-refractivity contribution < 1.29 is 9.59 Å². The fraction of sp³-hybridized carbons (Fsp3) is 0.385. The first-order chi connectivity index (χ1) is 10.1. The summed E-state index contributed by atoms with van der Waals surface area (Å²) in [4.78, 5) is 25.0. The summed E-state index contributed by atoms with van der Waals surface area (Å²) in [5, 5.41) is 0.577. The Kier molecular flexibility index (Phi) is 4.14. The number of anilines is 1. The van der Waals surface area contributed by atoms with Gasteiger partial charge in [-0.15, -0.1) is 0 Å². The number of aromatic nitrogens is 2. The van der Waals surface area contributed by atoms with Crippen LogP contribution < -0.4 is 4.90 Å². The van der Waals surface area contributed by atoms with Crippen LogP contribution in [0, 0.1) is 5.92 Å². The van der Waals surface area contributed by atoms with Gasteiger partial charge >= 0.3 is 0 Å². The number of rotatable bonds is 3. The fourth-order valence-corrected chi connectivity index (χ4v) is 3.90. The average Bonchev–Trinajstić information content (AvgIpc) is 3.03. The highest BCUT2D eigenvalue weighted by atomic mass is 35.5. The van der Waals surface area contributed by atoms with Gasteiger partial charge in [-0.1, -0.05) is 23.4 Å². The molecule has 0 radical (unpaired) electrons. The van der Waals surface area contributed by atoms with Gasteiger partial charge in [0.15, 0.2) is 5.12 Å². The molecule has 8 heteroatoms.